The molecule has 30 heavy (non-hydrogen) atoms. The van der Waals surface area contributed by atoms with Crippen LogP contribution in [0.15, 0.2) is 53.4 Å². The van der Waals surface area contributed by atoms with E-state index in [4.69, 9.17) is 4.74 Å². The first-order valence-electron chi connectivity index (χ1n) is 9.44. The van der Waals surface area contributed by atoms with Crippen LogP contribution >= 0.6 is 0 Å². The number of carbonyl (C=O) groups is 1. The summed E-state index contributed by atoms with van der Waals surface area (Å²) in [5, 5.41) is 13.8. The van der Waals surface area contributed by atoms with Crippen LogP contribution in [0.4, 0.5) is 11.4 Å². The van der Waals surface area contributed by atoms with Crippen LogP contribution in [0.2, 0.25) is 0 Å². The summed E-state index contributed by atoms with van der Waals surface area (Å²) < 4.78 is 32.7. The number of non-ortho nitro benzene ring substituents is 1. The molecule has 1 fully saturated rings. The molecule has 0 bridgehead atoms. The maximum atomic E-state index is 12.9. The average molecular weight is 433 g/mol. The van der Waals surface area contributed by atoms with Crippen molar-refractivity contribution in [1.82, 2.24) is 4.31 Å². The molecule has 1 heterocycles. The Morgan fingerprint density at radius 2 is 1.80 bits per heavy atom. The van der Waals surface area contributed by atoms with Crippen molar-refractivity contribution in [3.8, 4) is 0 Å². The minimum atomic E-state index is -3.64. The number of rotatable bonds is 7. The Balaban J connectivity index is 1.65. The number of hydrogen-bond donors (Lipinski definition) is 1. The molecule has 2 aromatic carbocycles. The van der Waals surface area contributed by atoms with E-state index in [0.717, 1.165) is 0 Å². The van der Waals surface area contributed by atoms with Gasteiger partial charge in [-0.3, -0.25) is 14.9 Å². The fraction of sp³-hybridized carbons (Fsp3) is 0.350. The van der Waals surface area contributed by atoms with Crippen LogP contribution in [0.1, 0.15) is 24.2 Å². The molecule has 2 atom stereocenters. The van der Waals surface area contributed by atoms with Crippen LogP contribution in [0.3, 0.4) is 0 Å². The quantitative estimate of drug-likeness (QED) is 0.405. The molecule has 0 aromatic heterocycles. The first-order chi connectivity index (χ1) is 14.2. The van der Waals surface area contributed by atoms with Crippen molar-refractivity contribution >= 4 is 27.2 Å². The number of nitro groups is 1. The maximum Gasteiger partial charge on any atom is 0.270 e. The third-order valence-corrected chi connectivity index (χ3v) is 6.56. The lowest BCUT2D eigenvalue weighted by Crippen LogP contribution is -2.48. The summed E-state index contributed by atoms with van der Waals surface area (Å²) in [6.07, 6.45) is -0.353. The number of nitrogens with zero attached hydrogens (tertiary/aromatic N) is 2. The highest BCUT2D eigenvalue weighted by molar-refractivity contribution is 7.89. The number of benzene rings is 2. The molecule has 9 nitrogen and oxygen atoms in total. The minimum Gasteiger partial charge on any atom is -0.378 e. The molecule has 10 heteroatoms. The lowest BCUT2D eigenvalue weighted by molar-refractivity contribution is -0.384. The number of ether oxygens (including phenoxy) is 1. The second kappa shape index (κ2) is 8.90. The first-order valence-corrected chi connectivity index (χ1v) is 10.9. The van der Waals surface area contributed by atoms with E-state index in [1.54, 1.807) is 12.1 Å². The SMILES string of the molecule is CC1CN(S(=O)(=O)c2ccc(NCC(=O)c3cccc([N+](=O)[O-])c3)cc2)CC(C)O1. The van der Waals surface area contributed by atoms with Crippen LogP contribution in [-0.4, -0.2) is 55.3 Å². The van der Waals surface area contributed by atoms with Gasteiger partial charge in [0.1, 0.15) is 0 Å². The van der Waals surface area contributed by atoms with Crippen molar-refractivity contribution in [1.29, 1.82) is 0 Å². The highest BCUT2D eigenvalue weighted by Crippen LogP contribution is 2.22. The van der Waals surface area contributed by atoms with Gasteiger partial charge >= 0.3 is 0 Å². The Morgan fingerprint density at radius 1 is 1.17 bits per heavy atom. The molecular weight excluding hydrogens is 410 g/mol. The fourth-order valence-electron chi connectivity index (χ4n) is 3.30. The monoisotopic (exact) mass is 433 g/mol. The Hall–Kier alpha value is -2.82. The molecule has 1 aliphatic rings. The zero-order chi connectivity index (χ0) is 21.9. The van der Waals surface area contributed by atoms with Crippen LogP contribution in [-0.2, 0) is 14.8 Å². The van der Waals surface area contributed by atoms with Gasteiger partial charge < -0.3 is 10.1 Å². The zero-order valence-corrected chi connectivity index (χ0v) is 17.5. The van der Waals surface area contributed by atoms with Gasteiger partial charge in [0.2, 0.25) is 10.0 Å². The Labute approximate surface area is 174 Å². The van der Waals surface area contributed by atoms with E-state index in [1.807, 2.05) is 13.8 Å². The number of ketones is 1. The lowest BCUT2D eigenvalue weighted by Gasteiger charge is -2.34. The zero-order valence-electron chi connectivity index (χ0n) is 16.6. The molecule has 1 N–H and O–H groups in total. The summed E-state index contributed by atoms with van der Waals surface area (Å²) >= 11 is 0. The van der Waals surface area contributed by atoms with Crippen molar-refractivity contribution in [2.24, 2.45) is 0 Å². The first kappa shape index (κ1) is 21.9. The van der Waals surface area contributed by atoms with Gasteiger partial charge in [0.15, 0.2) is 5.78 Å². The van der Waals surface area contributed by atoms with E-state index in [9.17, 15) is 23.3 Å². The van der Waals surface area contributed by atoms with Gasteiger partial charge in [0.25, 0.3) is 5.69 Å². The summed E-state index contributed by atoms with van der Waals surface area (Å²) in [7, 11) is -3.64. The van der Waals surface area contributed by atoms with E-state index in [-0.39, 0.29) is 40.7 Å². The second-order valence-corrected chi connectivity index (χ2v) is 9.13. The van der Waals surface area contributed by atoms with Gasteiger partial charge in [-0.1, -0.05) is 12.1 Å². The Bertz CT molecular complexity index is 1030. The molecule has 2 aromatic rings. The van der Waals surface area contributed by atoms with Crippen molar-refractivity contribution < 1.29 is 22.9 Å². The van der Waals surface area contributed by atoms with Gasteiger partial charge in [0, 0.05) is 36.5 Å². The third-order valence-electron chi connectivity index (χ3n) is 4.71. The van der Waals surface area contributed by atoms with Crippen molar-refractivity contribution in [2.45, 2.75) is 31.0 Å². The summed E-state index contributed by atoms with van der Waals surface area (Å²) in [6.45, 7) is 4.19. The molecule has 0 spiro atoms. The van der Waals surface area contributed by atoms with E-state index >= 15 is 0 Å². The molecular formula is C20H23N3O6S. The van der Waals surface area contributed by atoms with Gasteiger partial charge in [-0.2, -0.15) is 4.31 Å². The summed E-state index contributed by atoms with van der Waals surface area (Å²) in [5.41, 5.74) is 0.644. The van der Waals surface area contributed by atoms with E-state index < -0.39 is 14.9 Å². The van der Waals surface area contributed by atoms with Crippen molar-refractivity contribution in [2.75, 3.05) is 25.0 Å². The molecule has 3 rings (SSSR count). The highest BCUT2D eigenvalue weighted by atomic mass is 32.2. The van der Waals surface area contributed by atoms with Gasteiger partial charge in [-0.25, -0.2) is 8.42 Å². The fourth-order valence-corrected chi connectivity index (χ4v) is 4.89. The molecule has 2 unspecified atom stereocenters. The highest BCUT2D eigenvalue weighted by Gasteiger charge is 2.32. The number of sulfonamides is 1. The van der Waals surface area contributed by atoms with Gasteiger partial charge in [0.05, 0.1) is 28.6 Å². The van der Waals surface area contributed by atoms with Crippen LogP contribution < -0.4 is 5.32 Å². The number of morpholine rings is 1. The lowest BCUT2D eigenvalue weighted by atomic mass is 10.1. The van der Waals surface area contributed by atoms with Gasteiger partial charge in [-0.15, -0.1) is 0 Å². The average Bonchev–Trinajstić information content (AvgIpc) is 2.71. The summed E-state index contributed by atoms with van der Waals surface area (Å²) in [5.74, 6) is -0.313. The standard InChI is InChI=1S/C20H23N3O6S/c1-14-12-22(13-15(2)29-14)30(27,28)19-8-6-17(7-9-19)21-11-20(24)16-4-3-5-18(10-16)23(25)26/h3-10,14-15,21H,11-13H2,1-2H3. The predicted octanol–water partition coefficient (Wildman–Crippen LogP) is 2.69. The predicted molar refractivity (Wildman–Crippen MR) is 111 cm³/mol. The van der Waals surface area contributed by atoms with E-state index in [2.05, 4.69) is 5.32 Å². The topological polar surface area (TPSA) is 119 Å². The largest absolute Gasteiger partial charge is 0.378 e. The van der Waals surface area contributed by atoms with Crippen LogP contribution in [0.5, 0.6) is 0 Å². The van der Waals surface area contributed by atoms with Gasteiger partial charge in [-0.05, 0) is 38.1 Å². The van der Waals surface area contributed by atoms with Crippen molar-refractivity contribution in [3.63, 3.8) is 0 Å². The third kappa shape index (κ3) is 5.02. The Kier molecular flexibility index (Phi) is 6.49. The second-order valence-electron chi connectivity index (χ2n) is 7.19. The van der Waals surface area contributed by atoms with Crippen molar-refractivity contribution in [3.05, 3.63) is 64.2 Å². The number of nitrogens with one attached hydrogen (secondary N) is 1. The van der Waals surface area contributed by atoms with E-state index in [0.29, 0.717) is 18.8 Å². The molecule has 0 radical (unpaired) electrons. The van der Waals surface area contributed by atoms with Crippen LogP contribution in [0.25, 0.3) is 0 Å². The molecule has 1 saturated heterocycles. The molecule has 0 aliphatic carbocycles. The normalized spacial score (nSPS) is 19.9. The molecule has 0 amide bonds. The Morgan fingerprint density at radius 3 is 2.40 bits per heavy atom. The number of Topliss-reactive ketones (excluding diaryl/α,β-unsaturated/α-hetero) is 1. The number of anilines is 1. The maximum absolute atomic E-state index is 12.9. The molecule has 1 aliphatic heterocycles. The van der Waals surface area contributed by atoms with Crippen LogP contribution in [0, 0.1) is 10.1 Å². The molecule has 0 saturated carbocycles. The summed E-state index contributed by atoms with van der Waals surface area (Å²) in [4.78, 5) is 22.7. The number of nitro benzene ring substituents is 1. The van der Waals surface area contributed by atoms with E-state index in [1.165, 1.54) is 40.7 Å². The number of carbonyl (C=O) groups excluding carboxylic acids is 1. The molecule has 160 valence electrons. The smallest absolute Gasteiger partial charge is 0.270 e. The number of hydrogen-bond acceptors (Lipinski definition) is 7. The minimum absolute atomic E-state index is 0.0776. The summed E-state index contributed by atoms with van der Waals surface area (Å²) in [6, 6.07) is 11.7.